The molecule has 1 saturated heterocycles. The number of nitrogens with zero attached hydrogens (tertiary/aromatic N) is 2. The summed E-state index contributed by atoms with van der Waals surface area (Å²) in [6, 6.07) is 11.6. The normalized spacial score (nSPS) is 19.5. The zero-order valence-corrected chi connectivity index (χ0v) is 12.8. The molecule has 2 aromatic rings. The van der Waals surface area contributed by atoms with Crippen LogP contribution in [0.25, 0.3) is 6.08 Å². The van der Waals surface area contributed by atoms with Gasteiger partial charge in [-0.2, -0.15) is 0 Å². The summed E-state index contributed by atoms with van der Waals surface area (Å²) in [5.41, 5.74) is 1.69. The number of phenolic OH excluding ortho intramolecular Hbond substituents is 1. The molecule has 6 heteroatoms. The molecule has 0 aliphatic carbocycles. The first-order valence-electron chi connectivity index (χ1n) is 7.47. The second kappa shape index (κ2) is 6.54. The topological polar surface area (TPSA) is 90.7 Å². The lowest BCUT2D eigenvalue weighted by Gasteiger charge is -2.31. The molecule has 1 aromatic carbocycles. The first-order chi connectivity index (χ1) is 11.5. The lowest BCUT2D eigenvalue weighted by Crippen LogP contribution is -2.43. The van der Waals surface area contributed by atoms with Crippen molar-refractivity contribution in [2.45, 2.75) is 5.92 Å². The van der Waals surface area contributed by atoms with Gasteiger partial charge in [-0.3, -0.25) is 9.78 Å². The van der Waals surface area contributed by atoms with Gasteiger partial charge in [0.05, 0.1) is 18.2 Å². The molecule has 24 heavy (non-hydrogen) atoms. The summed E-state index contributed by atoms with van der Waals surface area (Å²) in [4.78, 5) is 29.6. The number of aromatic nitrogens is 1. The van der Waals surface area contributed by atoms with E-state index in [9.17, 15) is 19.8 Å². The Kier molecular flexibility index (Phi) is 4.29. The molecule has 1 aliphatic rings. The van der Waals surface area contributed by atoms with E-state index in [1.807, 2.05) is 0 Å². The Labute approximate surface area is 138 Å². The Bertz CT molecular complexity index is 784. The second-order valence-electron chi connectivity index (χ2n) is 5.60. The highest BCUT2D eigenvalue weighted by Crippen LogP contribution is 2.29. The van der Waals surface area contributed by atoms with Crippen molar-refractivity contribution < 1.29 is 19.8 Å². The van der Waals surface area contributed by atoms with Gasteiger partial charge in [0.25, 0.3) is 0 Å². The number of amides is 1. The van der Waals surface area contributed by atoms with Crippen LogP contribution >= 0.6 is 0 Å². The molecule has 122 valence electrons. The van der Waals surface area contributed by atoms with Gasteiger partial charge >= 0.3 is 6.09 Å². The Morgan fingerprint density at radius 2 is 1.96 bits per heavy atom. The van der Waals surface area contributed by atoms with Crippen molar-refractivity contribution in [1.29, 1.82) is 0 Å². The van der Waals surface area contributed by atoms with Crippen LogP contribution in [0.2, 0.25) is 0 Å². The van der Waals surface area contributed by atoms with Crippen LogP contribution in [0.1, 0.15) is 17.2 Å². The molecule has 2 N–H and O–H groups in total. The second-order valence-corrected chi connectivity index (χ2v) is 5.60. The van der Waals surface area contributed by atoms with E-state index >= 15 is 0 Å². The van der Waals surface area contributed by atoms with E-state index in [2.05, 4.69) is 4.98 Å². The van der Waals surface area contributed by atoms with Crippen LogP contribution in [0.5, 0.6) is 5.75 Å². The average molecular weight is 324 g/mol. The number of Topliss-reactive ketones (excluding diaryl/α,β-unsaturated/α-hetero) is 1. The minimum Gasteiger partial charge on any atom is -0.508 e. The summed E-state index contributed by atoms with van der Waals surface area (Å²) >= 11 is 0. The van der Waals surface area contributed by atoms with E-state index in [1.54, 1.807) is 42.6 Å². The molecule has 1 aromatic heterocycles. The number of benzene rings is 1. The fourth-order valence-electron chi connectivity index (χ4n) is 2.74. The summed E-state index contributed by atoms with van der Waals surface area (Å²) in [7, 11) is 0. The van der Waals surface area contributed by atoms with Gasteiger partial charge in [0, 0.05) is 18.3 Å². The van der Waals surface area contributed by atoms with Crippen LogP contribution in [-0.4, -0.2) is 45.1 Å². The molecule has 0 spiro atoms. The first kappa shape index (κ1) is 15.7. The van der Waals surface area contributed by atoms with E-state index in [0.717, 1.165) is 0 Å². The third-order valence-electron chi connectivity index (χ3n) is 3.97. The summed E-state index contributed by atoms with van der Waals surface area (Å²) in [6.07, 6.45) is 2.18. The zero-order valence-electron chi connectivity index (χ0n) is 12.8. The predicted molar refractivity (Wildman–Crippen MR) is 87.7 cm³/mol. The molecular formula is C18H16N2O4. The quantitative estimate of drug-likeness (QED) is 0.828. The van der Waals surface area contributed by atoms with Gasteiger partial charge in [0.15, 0.2) is 5.78 Å². The van der Waals surface area contributed by atoms with Crippen LogP contribution in [-0.2, 0) is 4.79 Å². The number of phenols is 1. The number of pyridine rings is 1. The predicted octanol–water partition coefficient (Wildman–Crippen LogP) is 2.52. The van der Waals surface area contributed by atoms with Crippen LogP contribution < -0.4 is 0 Å². The third-order valence-corrected chi connectivity index (χ3v) is 3.97. The van der Waals surface area contributed by atoms with Crippen molar-refractivity contribution in [3.63, 3.8) is 0 Å². The number of hydrogen-bond donors (Lipinski definition) is 2. The Hall–Kier alpha value is -3.15. The Balaban J connectivity index is 1.97. The minimum absolute atomic E-state index is 0.0410. The van der Waals surface area contributed by atoms with Crippen LogP contribution in [0.4, 0.5) is 4.79 Å². The summed E-state index contributed by atoms with van der Waals surface area (Å²) in [5.74, 6) is -0.615. The van der Waals surface area contributed by atoms with Crippen LogP contribution in [0, 0.1) is 0 Å². The molecule has 1 aliphatic heterocycles. The highest BCUT2D eigenvalue weighted by atomic mass is 16.4. The maximum absolute atomic E-state index is 12.8. The number of aromatic hydroxyl groups is 1. The monoisotopic (exact) mass is 324 g/mol. The number of likely N-dealkylation sites (tertiary alicyclic amines) is 1. The van der Waals surface area contributed by atoms with Gasteiger partial charge in [0.1, 0.15) is 5.75 Å². The summed E-state index contributed by atoms with van der Waals surface area (Å²) in [5, 5.41) is 18.7. The molecule has 1 atom stereocenters. The van der Waals surface area contributed by atoms with E-state index in [-0.39, 0.29) is 24.6 Å². The molecule has 0 radical (unpaired) electrons. The smallest absolute Gasteiger partial charge is 0.407 e. The molecule has 0 bridgehead atoms. The van der Waals surface area contributed by atoms with Gasteiger partial charge in [-0.15, -0.1) is 0 Å². The number of carbonyl (C=O) groups is 2. The maximum atomic E-state index is 12.8. The lowest BCUT2D eigenvalue weighted by molar-refractivity contribution is -0.118. The van der Waals surface area contributed by atoms with Gasteiger partial charge in [-0.1, -0.05) is 18.2 Å². The SMILES string of the molecule is O=C1/C(=C\c2ccccn2)CN(C(=O)O)CC1c1ccc(O)cc1. The molecule has 1 fully saturated rings. The Morgan fingerprint density at radius 3 is 2.58 bits per heavy atom. The number of ketones is 1. The summed E-state index contributed by atoms with van der Waals surface area (Å²) < 4.78 is 0. The van der Waals surface area contributed by atoms with E-state index in [4.69, 9.17) is 0 Å². The highest BCUT2D eigenvalue weighted by Gasteiger charge is 2.34. The van der Waals surface area contributed by atoms with E-state index in [1.165, 1.54) is 17.0 Å². The van der Waals surface area contributed by atoms with Crippen molar-refractivity contribution in [2.24, 2.45) is 0 Å². The fourth-order valence-corrected chi connectivity index (χ4v) is 2.74. The van der Waals surface area contributed by atoms with E-state index in [0.29, 0.717) is 16.8 Å². The number of piperidine rings is 1. The lowest BCUT2D eigenvalue weighted by atomic mass is 9.86. The van der Waals surface area contributed by atoms with Gasteiger partial charge < -0.3 is 15.1 Å². The van der Waals surface area contributed by atoms with Crippen LogP contribution in [0.3, 0.4) is 0 Å². The first-order valence-corrected chi connectivity index (χ1v) is 7.47. The minimum atomic E-state index is -1.07. The molecule has 2 heterocycles. The number of hydrogen-bond acceptors (Lipinski definition) is 4. The average Bonchev–Trinajstić information content (AvgIpc) is 2.58. The number of carbonyl (C=O) groups excluding carboxylic acids is 1. The third kappa shape index (κ3) is 3.27. The van der Waals surface area contributed by atoms with Crippen molar-refractivity contribution in [3.8, 4) is 5.75 Å². The van der Waals surface area contributed by atoms with Crippen molar-refractivity contribution in [3.05, 3.63) is 65.5 Å². The van der Waals surface area contributed by atoms with Gasteiger partial charge in [-0.25, -0.2) is 4.79 Å². The largest absolute Gasteiger partial charge is 0.508 e. The van der Waals surface area contributed by atoms with E-state index < -0.39 is 12.0 Å². The molecule has 6 nitrogen and oxygen atoms in total. The van der Waals surface area contributed by atoms with Gasteiger partial charge in [-0.05, 0) is 35.9 Å². The molecular weight excluding hydrogens is 308 g/mol. The molecule has 1 amide bonds. The standard InChI is InChI=1S/C18H16N2O4/c21-15-6-4-12(5-7-15)16-11-20(18(23)24)10-13(17(16)22)9-14-3-1-2-8-19-14/h1-9,16,21H,10-11H2,(H,23,24)/b13-9-. The molecule has 0 saturated carbocycles. The molecule has 1 unspecified atom stereocenters. The zero-order chi connectivity index (χ0) is 17.1. The number of carboxylic acid groups (broad SMARTS) is 1. The summed E-state index contributed by atoms with van der Waals surface area (Å²) in [6.45, 7) is 0.137. The van der Waals surface area contributed by atoms with Crippen molar-refractivity contribution in [2.75, 3.05) is 13.1 Å². The van der Waals surface area contributed by atoms with Crippen molar-refractivity contribution >= 4 is 18.0 Å². The van der Waals surface area contributed by atoms with Crippen LogP contribution in [0.15, 0.2) is 54.2 Å². The Morgan fingerprint density at radius 1 is 1.21 bits per heavy atom. The fraction of sp³-hybridized carbons (Fsp3) is 0.167. The number of rotatable bonds is 2. The molecule has 3 rings (SSSR count). The highest BCUT2D eigenvalue weighted by molar-refractivity contribution is 6.05. The van der Waals surface area contributed by atoms with Gasteiger partial charge in [0.2, 0.25) is 0 Å². The maximum Gasteiger partial charge on any atom is 0.407 e. The van der Waals surface area contributed by atoms with Crippen molar-refractivity contribution in [1.82, 2.24) is 9.88 Å².